The van der Waals surface area contributed by atoms with E-state index in [0.717, 1.165) is 24.1 Å². The highest BCUT2D eigenvalue weighted by atomic mass is 32.2. The van der Waals surface area contributed by atoms with Crippen molar-refractivity contribution in [2.24, 2.45) is 0 Å². The van der Waals surface area contributed by atoms with E-state index in [1.54, 1.807) is 0 Å². The van der Waals surface area contributed by atoms with Crippen molar-refractivity contribution in [3.63, 3.8) is 0 Å². The molecule has 0 saturated carbocycles. The molecule has 0 heterocycles. The lowest BCUT2D eigenvalue weighted by molar-refractivity contribution is -0.138. The van der Waals surface area contributed by atoms with Gasteiger partial charge in [-0.05, 0) is 12.1 Å². The lowest BCUT2D eigenvalue weighted by Gasteiger charge is -2.12. The van der Waals surface area contributed by atoms with Gasteiger partial charge < -0.3 is 0 Å². The fourth-order valence-electron chi connectivity index (χ4n) is 1.13. The number of carbonyl (C=O) groups excluding carboxylic acids is 1. The van der Waals surface area contributed by atoms with Crippen LogP contribution in [0.5, 0.6) is 0 Å². The van der Waals surface area contributed by atoms with Gasteiger partial charge in [0.05, 0.1) is 11.1 Å². The number of benzene rings is 1. The highest BCUT2D eigenvalue weighted by Crippen LogP contribution is 2.33. The van der Waals surface area contributed by atoms with Crippen LogP contribution in [0.15, 0.2) is 18.2 Å². The van der Waals surface area contributed by atoms with Gasteiger partial charge in [0.25, 0.3) is 5.91 Å². The summed E-state index contributed by atoms with van der Waals surface area (Å²) < 4.78 is 52.7. The van der Waals surface area contributed by atoms with Crippen molar-refractivity contribution in [2.75, 3.05) is 6.26 Å². The molecule has 7 heteroatoms. The summed E-state index contributed by atoms with van der Waals surface area (Å²) in [4.78, 5) is 11.3. The summed E-state index contributed by atoms with van der Waals surface area (Å²) in [7, 11) is 0. The van der Waals surface area contributed by atoms with E-state index in [9.17, 15) is 22.4 Å². The first-order valence-electron chi connectivity index (χ1n) is 4.07. The molecule has 16 heavy (non-hydrogen) atoms. The Morgan fingerprint density at radius 2 is 2.00 bits per heavy atom. The normalized spacial score (nSPS) is 11.3. The topological polar surface area (TPSA) is 29.1 Å². The largest absolute Gasteiger partial charge is 0.417 e. The molecule has 1 aromatic carbocycles. The summed E-state index contributed by atoms with van der Waals surface area (Å²) >= 11 is 0.799. The zero-order chi connectivity index (χ0) is 12.3. The maximum Gasteiger partial charge on any atom is 0.417 e. The number of nitrogens with one attached hydrogen (secondary N) is 1. The molecule has 1 amide bonds. The second-order valence-corrected chi connectivity index (χ2v) is 3.41. The van der Waals surface area contributed by atoms with Gasteiger partial charge in [0.15, 0.2) is 0 Å². The molecule has 1 aromatic rings. The molecule has 88 valence electrons. The number of hydrogen-bond acceptors (Lipinski definition) is 2. The Hall–Kier alpha value is -1.24. The molecule has 0 saturated heterocycles. The van der Waals surface area contributed by atoms with Crippen LogP contribution < -0.4 is 4.72 Å². The van der Waals surface area contributed by atoms with Gasteiger partial charge in [-0.3, -0.25) is 9.52 Å². The van der Waals surface area contributed by atoms with E-state index in [1.807, 2.05) is 0 Å². The van der Waals surface area contributed by atoms with Crippen molar-refractivity contribution in [2.45, 2.75) is 6.18 Å². The molecule has 0 unspecified atom stereocenters. The highest BCUT2D eigenvalue weighted by molar-refractivity contribution is 7.97. The minimum atomic E-state index is -4.76. The second-order valence-electron chi connectivity index (χ2n) is 2.80. The lowest BCUT2D eigenvalue weighted by atomic mass is 10.1. The first-order valence-corrected chi connectivity index (χ1v) is 5.29. The van der Waals surface area contributed by atoms with Gasteiger partial charge in [-0.2, -0.15) is 13.2 Å². The first-order chi connectivity index (χ1) is 7.38. The summed E-state index contributed by atoms with van der Waals surface area (Å²) in [6.07, 6.45) is -3.31. The van der Waals surface area contributed by atoms with Gasteiger partial charge in [-0.15, -0.1) is 0 Å². The third-order valence-electron chi connectivity index (χ3n) is 1.74. The number of alkyl halides is 3. The van der Waals surface area contributed by atoms with Crippen molar-refractivity contribution >= 4 is 17.9 Å². The smallest absolute Gasteiger partial charge is 0.296 e. The van der Waals surface area contributed by atoms with Crippen molar-refractivity contribution in [3.8, 4) is 0 Å². The third-order valence-corrected chi connectivity index (χ3v) is 2.13. The average Bonchev–Trinajstić information content (AvgIpc) is 2.16. The fourth-order valence-corrected chi connectivity index (χ4v) is 1.42. The Morgan fingerprint density at radius 1 is 1.38 bits per heavy atom. The summed E-state index contributed by atoms with van der Waals surface area (Å²) in [6, 6.07) is 2.39. The van der Waals surface area contributed by atoms with Crippen molar-refractivity contribution in [3.05, 3.63) is 35.1 Å². The average molecular weight is 253 g/mol. The predicted molar refractivity (Wildman–Crippen MR) is 52.4 cm³/mol. The Morgan fingerprint density at radius 3 is 2.50 bits per heavy atom. The van der Waals surface area contributed by atoms with Gasteiger partial charge in [-0.1, -0.05) is 18.0 Å². The molecule has 0 spiro atoms. The molecule has 2 nitrogen and oxygen atoms in total. The summed E-state index contributed by atoms with van der Waals surface area (Å²) in [6.45, 7) is 0. The van der Waals surface area contributed by atoms with Crippen LogP contribution in [-0.2, 0) is 6.18 Å². The van der Waals surface area contributed by atoms with Crippen LogP contribution in [0.3, 0.4) is 0 Å². The van der Waals surface area contributed by atoms with Crippen molar-refractivity contribution in [1.29, 1.82) is 0 Å². The zero-order valence-corrected chi connectivity index (χ0v) is 8.88. The minimum absolute atomic E-state index is 0.665. The van der Waals surface area contributed by atoms with E-state index in [1.165, 1.54) is 6.26 Å². The molecule has 0 atom stereocenters. The van der Waals surface area contributed by atoms with Gasteiger partial charge in [0.1, 0.15) is 5.82 Å². The second kappa shape index (κ2) is 4.73. The van der Waals surface area contributed by atoms with Crippen molar-refractivity contribution < 1.29 is 22.4 Å². The quantitative estimate of drug-likeness (QED) is 0.648. The van der Waals surface area contributed by atoms with Crippen LogP contribution in [-0.4, -0.2) is 12.2 Å². The molecule has 1 N–H and O–H groups in total. The fraction of sp³-hybridized carbons (Fsp3) is 0.222. The van der Waals surface area contributed by atoms with Gasteiger partial charge in [0, 0.05) is 6.26 Å². The van der Waals surface area contributed by atoms with Crippen LogP contribution in [0, 0.1) is 5.82 Å². The number of rotatable bonds is 2. The van der Waals surface area contributed by atoms with E-state index in [0.29, 0.717) is 6.07 Å². The Labute approximate surface area is 93.2 Å². The number of carbonyl (C=O) groups is 1. The SMILES string of the molecule is CSNC(=O)c1c(F)cccc1C(F)(F)F. The van der Waals surface area contributed by atoms with E-state index in [4.69, 9.17) is 0 Å². The monoisotopic (exact) mass is 253 g/mol. The molecule has 0 aromatic heterocycles. The standard InChI is InChI=1S/C9H7F4NOS/c1-16-14-8(15)7-5(9(11,12)13)3-2-4-6(7)10/h2-4H,1H3,(H,14,15). The maximum atomic E-state index is 13.2. The highest BCUT2D eigenvalue weighted by Gasteiger charge is 2.36. The predicted octanol–water partition coefficient (Wildman–Crippen LogP) is 2.85. The molecule has 0 fully saturated rings. The van der Waals surface area contributed by atoms with Crippen molar-refractivity contribution in [1.82, 2.24) is 4.72 Å². The number of halogens is 4. The summed E-state index contributed by atoms with van der Waals surface area (Å²) in [5, 5.41) is 0. The van der Waals surface area contributed by atoms with Gasteiger partial charge >= 0.3 is 6.18 Å². The van der Waals surface area contributed by atoms with E-state index in [2.05, 4.69) is 4.72 Å². The van der Waals surface area contributed by atoms with E-state index in [-0.39, 0.29) is 0 Å². The van der Waals surface area contributed by atoms with Crippen LogP contribution in [0.4, 0.5) is 17.6 Å². The molecule has 0 aliphatic heterocycles. The maximum absolute atomic E-state index is 13.2. The van der Waals surface area contributed by atoms with Crippen LogP contribution in [0.2, 0.25) is 0 Å². The van der Waals surface area contributed by atoms with Crippen LogP contribution in [0.25, 0.3) is 0 Å². The molecular formula is C9H7F4NOS. The zero-order valence-electron chi connectivity index (χ0n) is 8.06. The number of hydrogen-bond donors (Lipinski definition) is 1. The van der Waals surface area contributed by atoms with E-state index >= 15 is 0 Å². The molecule has 0 aliphatic carbocycles. The van der Waals surface area contributed by atoms with Crippen LogP contribution in [0.1, 0.15) is 15.9 Å². The van der Waals surface area contributed by atoms with E-state index < -0.39 is 29.0 Å². The summed E-state index contributed by atoms with van der Waals surface area (Å²) in [5.41, 5.74) is -2.26. The van der Waals surface area contributed by atoms with Gasteiger partial charge in [0.2, 0.25) is 0 Å². The molecule has 0 aliphatic rings. The first kappa shape index (κ1) is 12.8. The molecular weight excluding hydrogens is 246 g/mol. The van der Waals surface area contributed by atoms with Crippen LogP contribution >= 0.6 is 11.9 Å². The lowest BCUT2D eigenvalue weighted by Crippen LogP contribution is -2.22. The molecule has 0 bridgehead atoms. The molecule has 0 radical (unpaired) electrons. The summed E-state index contributed by atoms with van der Waals surface area (Å²) in [5.74, 6) is -2.29. The number of amides is 1. The Bertz CT molecular complexity index is 405. The Balaban J connectivity index is 3.30. The Kier molecular flexibility index (Phi) is 3.79. The minimum Gasteiger partial charge on any atom is -0.296 e. The van der Waals surface area contributed by atoms with Gasteiger partial charge in [-0.25, -0.2) is 4.39 Å². The third kappa shape index (κ3) is 2.66. The molecule has 1 rings (SSSR count).